The maximum Gasteiger partial charge on any atom is 0.191 e. The zero-order valence-corrected chi connectivity index (χ0v) is 18.6. The van der Waals surface area contributed by atoms with Gasteiger partial charge in [-0.1, -0.05) is 23.7 Å². The Bertz CT molecular complexity index is 508. The molecule has 1 aromatic rings. The van der Waals surface area contributed by atoms with Crippen molar-refractivity contribution in [1.29, 1.82) is 0 Å². The van der Waals surface area contributed by atoms with Gasteiger partial charge in [-0.3, -0.25) is 0 Å². The molecule has 1 heterocycles. The number of guanidine groups is 1. The van der Waals surface area contributed by atoms with E-state index in [4.69, 9.17) is 21.1 Å². The van der Waals surface area contributed by atoms with Crippen LogP contribution in [0.5, 0.6) is 0 Å². The number of hydrogen-bond acceptors (Lipinski definition) is 3. The first-order valence-corrected chi connectivity index (χ1v) is 9.58. The van der Waals surface area contributed by atoms with Crippen LogP contribution >= 0.6 is 35.6 Å². The van der Waals surface area contributed by atoms with Crippen molar-refractivity contribution < 1.29 is 9.47 Å². The minimum atomic E-state index is 0. The van der Waals surface area contributed by atoms with Crippen LogP contribution in [0.4, 0.5) is 0 Å². The maximum absolute atomic E-state index is 5.91. The molecule has 7 heteroatoms. The molecule has 0 amide bonds. The second-order valence-corrected chi connectivity index (χ2v) is 6.67. The van der Waals surface area contributed by atoms with Crippen LogP contribution in [-0.2, 0) is 16.0 Å². The van der Waals surface area contributed by atoms with E-state index in [-0.39, 0.29) is 24.0 Å². The Morgan fingerprint density at radius 3 is 2.65 bits per heavy atom. The van der Waals surface area contributed by atoms with Gasteiger partial charge in [-0.15, -0.1) is 24.0 Å². The van der Waals surface area contributed by atoms with E-state index in [1.165, 1.54) is 0 Å². The molecule has 0 radical (unpaired) electrons. The fraction of sp³-hybridized carbons (Fsp3) is 0.632. The summed E-state index contributed by atoms with van der Waals surface area (Å²) in [6.45, 7) is 7.78. The van der Waals surface area contributed by atoms with Crippen LogP contribution in [0.1, 0.15) is 31.7 Å². The van der Waals surface area contributed by atoms with Crippen molar-refractivity contribution in [2.24, 2.45) is 10.9 Å². The molecule has 26 heavy (non-hydrogen) atoms. The summed E-state index contributed by atoms with van der Waals surface area (Å²) in [7, 11) is 0. The van der Waals surface area contributed by atoms with Crippen LogP contribution in [0.2, 0.25) is 5.02 Å². The third-order valence-electron chi connectivity index (χ3n) is 4.13. The normalized spacial score (nSPS) is 15.4. The minimum Gasteiger partial charge on any atom is -0.381 e. The molecule has 5 nitrogen and oxygen atoms in total. The van der Waals surface area contributed by atoms with Gasteiger partial charge < -0.3 is 20.1 Å². The number of nitrogens with zero attached hydrogens (tertiary/aromatic N) is 1. The van der Waals surface area contributed by atoms with Crippen LogP contribution < -0.4 is 10.6 Å². The molecule has 0 unspecified atom stereocenters. The topological polar surface area (TPSA) is 54.9 Å². The Balaban J connectivity index is 0.00000338. The first kappa shape index (κ1) is 23.5. The van der Waals surface area contributed by atoms with E-state index in [0.717, 1.165) is 75.3 Å². The molecular weight excluding hydrogens is 465 g/mol. The summed E-state index contributed by atoms with van der Waals surface area (Å²) < 4.78 is 11.1. The van der Waals surface area contributed by atoms with Crippen molar-refractivity contribution in [2.75, 3.05) is 39.5 Å². The summed E-state index contributed by atoms with van der Waals surface area (Å²) >= 11 is 5.91. The van der Waals surface area contributed by atoms with Gasteiger partial charge in [-0.2, -0.15) is 0 Å². The summed E-state index contributed by atoms with van der Waals surface area (Å²) in [5, 5.41) is 7.37. The highest BCUT2D eigenvalue weighted by Crippen LogP contribution is 2.14. The number of hydrogen-bond donors (Lipinski definition) is 2. The SMILES string of the molecule is CCNC(=NCc1ccc(Cl)cc1)NCCCOCC1CCOCC1.I. The number of aliphatic imine (C=N–C) groups is 1. The lowest BCUT2D eigenvalue weighted by atomic mass is 10.0. The molecule has 2 N–H and O–H groups in total. The lowest BCUT2D eigenvalue weighted by molar-refractivity contribution is 0.0203. The second kappa shape index (κ2) is 14.5. The van der Waals surface area contributed by atoms with Gasteiger partial charge in [0.05, 0.1) is 6.54 Å². The molecule has 0 atom stereocenters. The maximum atomic E-state index is 5.91. The molecule has 2 rings (SSSR count). The summed E-state index contributed by atoms with van der Waals surface area (Å²) in [6.07, 6.45) is 3.22. The van der Waals surface area contributed by atoms with Gasteiger partial charge in [-0.05, 0) is 49.8 Å². The Morgan fingerprint density at radius 2 is 1.96 bits per heavy atom. The molecule has 148 valence electrons. The van der Waals surface area contributed by atoms with Crippen LogP contribution in [-0.4, -0.2) is 45.5 Å². The van der Waals surface area contributed by atoms with E-state index in [1.54, 1.807) is 0 Å². The molecule has 1 aliphatic rings. The summed E-state index contributed by atoms with van der Waals surface area (Å²) in [5.41, 5.74) is 1.14. The van der Waals surface area contributed by atoms with Gasteiger partial charge in [0.15, 0.2) is 5.96 Å². The lowest BCUT2D eigenvalue weighted by Gasteiger charge is -2.21. The van der Waals surface area contributed by atoms with E-state index < -0.39 is 0 Å². The molecule has 1 aromatic carbocycles. The molecule has 0 spiro atoms. The van der Waals surface area contributed by atoms with Gasteiger partial charge >= 0.3 is 0 Å². The first-order chi connectivity index (χ1) is 12.3. The largest absolute Gasteiger partial charge is 0.381 e. The monoisotopic (exact) mass is 495 g/mol. The number of rotatable bonds is 9. The van der Waals surface area contributed by atoms with Crippen molar-refractivity contribution in [1.82, 2.24) is 10.6 Å². The van der Waals surface area contributed by atoms with E-state index >= 15 is 0 Å². The summed E-state index contributed by atoms with van der Waals surface area (Å²) in [4.78, 5) is 4.60. The van der Waals surface area contributed by atoms with Gasteiger partial charge in [0.25, 0.3) is 0 Å². The van der Waals surface area contributed by atoms with Crippen LogP contribution in [0.15, 0.2) is 29.3 Å². The smallest absolute Gasteiger partial charge is 0.191 e. The quantitative estimate of drug-likeness (QED) is 0.237. The van der Waals surface area contributed by atoms with E-state index in [2.05, 4.69) is 22.5 Å². The highest BCUT2D eigenvalue weighted by molar-refractivity contribution is 14.0. The number of halogens is 2. The zero-order chi connectivity index (χ0) is 17.7. The molecule has 1 fully saturated rings. The predicted octanol–water partition coefficient (Wildman–Crippen LogP) is 3.85. The fourth-order valence-electron chi connectivity index (χ4n) is 2.65. The predicted molar refractivity (Wildman–Crippen MR) is 119 cm³/mol. The zero-order valence-electron chi connectivity index (χ0n) is 15.5. The van der Waals surface area contributed by atoms with Crippen molar-refractivity contribution in [3.63, 3.8) is 0 Å². The van der Waals surface area contributed by atoms with Crippen LogP contribution in [0.25, 0.3) is 0 Å². The Hall–Kier alpha value is -0.570. The highest BCUT2D eigenvalue weighted by atomic mass is 127. The Kier molecular flexibility index (Phi) is 13.1. The Labute approximate surface area is 179 Å². The average molecular weight is 496 g/mol. The van der Waals surface area contributed by atoms with Crippen molar-refractivity contribution >= 4 is 41.5 Å². The highest BCUT2D eigenvalue weighted by Gasteiger charge is 2.13. The first-order valence-electron chi connectivity index (χ1n) is 9.20. The Morgan fingerprint density at radius 1 is 1.23 bits per heavy atom. The van der Waals surface area contributed by atoms with Gasteiger partial charge in [0.1, 0.15) is 0 Å². The molecule has 0 aliphatic carbocycles. The van der Waals surface area contributed by atoms with Gasteiger partial charge in [0, 0.05) is 44.5 Å². The van der Waals surface area contributed by atoms with E-state index in [1.807, 2.05) is 24.3 Å². The van der Waals surface area contributed by atoms with E-state index in [9.17, 15) is 0 Å². The molecule has 0 saturated carbocycles. The summed E-state index contributed by atoms with van der Waals surface area (Å²) in [6, 6.07) is 7.78. The lowest BCUT2D eigenvalue weighted by Crippen LogP contribution is -2.38. The molecular formula is C19H31ClIN3O2. The van der Waals surface area contributed by atoms with Crippen molar-refractivity contribution in [3.8, 4) is 0 Å². The van der Waals surface area contributed by atoms with Crippen LogP contribution in [0, 0.1) is 5.92 Å². The molecule has 1 aliphatic heterocycles. The second-order valence-electron chi connectivity index (χ2n) is 6.23. The van der Waals surface area contributed by atoms with Gasteiger partial charge in [0.2, 0.25) is 0 Å². The number of ether oxygens (including phenoxy) is 2. The van der Waals surface area contributed by atoms with Gasteiger partial charge in [-0.25, -0.2) is 4.99 Å². The minimum absolute atomic E-state index is 0. The molecule has 0 bridgehead atoms. The third kappa shape index (κ3) is 9.94. The number of nitrogens with one attached hydrogen (secondary N) is 2. The molecule has 1 saturated heterocycles. The average Bonchev–Trinajstić information content (AvgIpc) is 2.64. The number of benzene rings is 1. The third-order valence-corrected chi connectivity index (χ3v) is 4.38. The van der Waals surface area contributed by atoms with Crippen LogP contribution in [0.3, 0.4) is 0 Å². The van der Waals surface area contributed by atoms with Crippen molar-refractivity contribution in [2.45, 2.75) is 32.7 Å². The fourth-order valence-corrected chi connectivity index (χ4v) is 2.77. The standard InChI is InChI=1S/C19H30ClN3O2.HI/c1-2-21-19(23-14-16-4-6-18(20)7-5-16)22-10-3-11-25-15-17-8-12-24-13-9-17;/h4-7,17H,2-3,8-15H2,1H3,(H2,21,22,23);1H. The summed E-state index contributed by atoms with van der Waals surface area (Å²) in [5.74, 6) is 1.50. The van der Waals surface area contributed by atoms with E-state index in [0.29, 0.717) is 12.5 Å². The van der Waals surface area contributed by atoms with Crippen molar-refractivity contribution in [3.05, 3.63) is 34.9 Å². The molecule has 0 aromatic heterocycles.